The molecule has 4 heteroatoms. The highest BCUT2D eigenvalue weighted by molar-refractivity contribution is 9.10. The van der Waals surface area contributed by atoms with E-state index in [0.717, 1.165) is 19.0 Å². The first-order valence-corrected chi connectivity index (χ1v) is 6.43. The number of hydrogen-bond acceptors (Lipinski definition) is 2. The molecule has 1 aromatic heterocycles. The fourth-order valence-electron chi connectivity index (χ4n) is 0.938. The Morgan fingerprint density at radius 2 is 2.46 bits per heavy atom. The molecule has 1 atom stereocenters. The topological polar surface area (TPSA) is 12.0 Å². The summed E-state index contributed by atoms with van der Waals surface area (Å²) in [5, 5.41) is 5.46. The summed E-state index contributed by atoms with van der Waals surface area (Å²) in [6.07, 6.45) is 0. The normalized spacial score (nSPS) is 13.2. The minimum absolute atomic E-state index is 0.542. The monoisotopic (exact) mass is 281 g/mol. The van der Waals surface area contributed by atoms with Crippen molar-refractivity contribution in [2.45, 2.75) is 13.5 Å². The molecule has 0 aliphatic carbocycles. The lowest BCUT2D eigenvalue weighted by Gasteiger charge is -2.08. The fraction of sp³-hybridized carbons (Fsp3) is 0.556. The van der Waals surface area contributed by atoms with Gasteiger partial charge in [0.25, 0.3) is 0 Å². The van der Waals surface area contributed by atoms with Crippen LogP contribution in [0.25, 0.3) is 0 Å². The van der Waals surface area contributed by atoms with Crippen molar-refractivity contribution in [2.75, 3.05) is 12.4 Å². The van der Waals surface area contributed by atoms with Gasteiger partial charge in [0.2, 0.25) is 0 Å². The van der Waals surface area contributed by atoms with E-state index in [2.05, 4.69) is 39.6 Å². The third kappa shape index (κ3) is 3.98. The Kier molecular flexibility index (Phi) is 5.32. The SMILES string of the molecule is CC(CCl)CNCc1sccc1Br. The van der Waals surface area contributed by atoms with E-state index in [-0.39, 0.29) is 0 Å². The smallest absolute Gasteiger partial charge is 0.0327 e. The molecule has 0 saturated heterocycles. The van der Waals surface area contributed by atoms with Crippen LogP contribution in [-0.2, 0) is 6.54 Å². The van der Waals surface area contributed by atoms with Crippen molar-refractivity contribution < 1.29 is 0 Å². The Labute approximate surface area is 96.6 Å². The van der Waals surface area contributed by atoms with E-state index in [1.54, 1.807) is 11.3 Å². The fourth-order valence-corrected chi connectivity index (χ4v) is 2.51. The second-order valence-electron chi connectivity index (χ2n) is 3.08. The molecule has 1 heterocycles. The summed E-state index contributed by atoms with van der Waals surface area (Å²) >= 11 is 11.0. The Morgan fingerprint density at radius 1 is 1.69 bits per heavy atom. The van der Waals surface area contributed by atoms with Crippen molar-refractivity contribution in [3.8, 4) is 0 Å². The maximum atomic E-state index is 5.70. The standard InChI is InChI=1S/C9H13BrClNS/c1-7(4-11)5-12-6-9-8(10)2-3-13-9/h2-3,7,12H,4-6H2,1H3. The summed E-state index contributed by atoms with van der Waals surface area (Å²) in [5.74, 6) is 1.26. The molecule has 1 N–H and O–H groups in total. The first-order chi connectivity index (χ1) is 6.24. The molecule has 1 nitrogen and oxygen atoms in total. The quantitative estimate of drug-likeness (QED) is 0.816. The van der Waals surface area contributed by atoms with Gasteiger partial charge in [0.05, 0.1) is 0 Å². The number of hydrogen-bond donors (Lipinski definition) is 1. The van der Waals surface area contributed by atoms with Crippen LogP contribution < -0.4 is 5.32 Å². The van der Waals surface area contributed by atoms with Gasteiger partial charge in [-0.3, -0.25) is 0 Å². The molecule has 0 fully saturated rings. The molecule has 0 aromatic carbocycles. The van der Waals surface area contributed by atoms with E-state index in [0.29, 0.717) is 5.92 Å². The van der Waals surface area contributed by atoms with Gasteiger partial charge in [-0.05, 0) is 39.8 Å². The van der Waals surface area contributed by atoms with Crippen LogP contribution in [0.3, 0.4) is 0 Å². The maximum absolute atomic E-state index is 5.70. The van der Waals surface area contributed by atoms with Crippen molar-refractivity contribution in [2.24, 2.45) is 5.92 Å². The van der Waals surface area contributed by atoms with Gasteiger partial charge in [-0.1, -0.05) is 6.92 Å². The first-order valence-electron chi connectivity index (χ1n) is 4.22. The molecule has 1 rings (SSSR count). The van der Waals surface area contributed by atoms with Gasteiger partial charge in [0.1, 0.15) is 0 Å². The minimum atomic E-state index is 0.542. The summed E-state index contributed by atoms with van der Waals surface area (Å²) in [5.41, 5.74) is 0. The van der Waals surface area contributed by atoms with Crippen molar-refractivity contribution >= 4 is 38.9 Å². The van der Waals surface area contributed by atoms with Crippen LogP contribution in [0.2, 0.25) is 0 Å². The van der Waals surface area contributed by atoms with E-state index >= 15 is 0 Å². The highest BCUT2D eigenvalue weighted by Gasteiger charge is 2.02. The van der Waals surface area contributed by atoms with Gasteiger partial charge < -0.3 is 5.32 Å². The molecule has 0 saturated carbocycles. The zero-order chi connectivity index (χ0) is 9.68. The van der Waals surface area contributed by atoms with Gasteiger partial charge in [0, 0.05) is 21.8 Å². The predicted octanol–water partition coefficient (Wildman–Crippen LogP) is 3.48. The van der Waals surface area contributed by atoms with Crippen molar-refractivity contribution in [1.29, 1.82) is 0 Å². The molecule has 74 valence electrons. The Morgan fingerprint density at radius 3 is 3.00 bits per heavy atom. The summed E-state index contributed by atoms with van der Waals surface area (Å²) in [6.45, 7) is 4.05. The predicted molar refractivity (Wildman–Crippen MR) is 63.6 cm³/mol. The lowest BCUT2D eigenvalue weighted by molar-refractivity contribution is 0.559. The van der Waals surface area contributed by atoms with Gasteiger partial charge in [-0.2, -0.15) is 0 Å². The third-order valence-electron chi connectivity index (χ3n) is 1.73. The summed E-state index contributed by atoms with van der Waals surface area (Å²) in [4.78, 5) is 1.35. The van der Waals surface area contributed by atoms with Crippen LogP contribution in [0.4, 0.5) is 0 Å². The molecule has 1 unspecified atom stereocenters. The number of alkyl halides is 1. The van der Waals surface area contributed by atoms with E-state index < -0.39 is 0 Å². The van der Waals surface area contributed by atoms with E-state index in [1.807, 2.05) is 0 Å². The molecule has 0 radical (unpaired) electrons. The summed E-state index contributed by atoms with van der Waals surface area (Å²) in [7, 11) is 0. The molecule has 0 aliphatic rings. The second kappa shape index (κ2) is 6.02. The largest absolute Gasteiger partial charge is 0.312 e. The molecule has 0 spiro atoms. The zero-order valence-electron chi connectivity index (χ0n) is 7.52. The van der Waals surface area contributed by atoms with Gasteiger partial charge in [-0.25, -0.2) is 0 Å². The highest BCUT2D eigenvalue weighted by atomic mass is 79.9. The number of thiophene rings is 1. The van der Waals surface area contributed by atoms with Gasteiger partial charge >= 0.3 is 0 Å². The summed E-state index contributed by atoms with van der Waals surface area (Å²) < 4.78 is 1.20. The van der Waals surface area contributed by atoms with Crippen LogP contribution in [-0.4, -0.2) is 12.4 Å². The molecule has 13 heavy (non-hydrogen) atoms. The molecule has 0 aliphatic heterocycles. The molecule has 0 amide bonds. The van der Waals surface area contributed by atoms with E-state index in [4.69, 9.17) is 11.6 Å². The van der Waals surface area contributed by atoms with Crippen LogP contribution >= 0.6 is 38.9 Å². The molecule has 0 bridgehead atoms. The van der Waals surface area contributed by atoms with Crippen molar-refractivity contribution in [3.63, 3.8) is 0 Å². The van der Waals surface area contributed by atoms with Crippen LogP contribution in [0, 0.1) is 5.92 Å². The summed E-state index contributed by atoms with van der Waals surface area (Å²) in [6, 6.07) is 2.08. The maximum Gasteiger partial charge on any atom is 0.0327 e. The number of halogens is 2. The highest BCUT2D eigenvalue weighted by Crippen LogP contribution is 2.22. The Bertz CT molecular complexity index is 252. The van der Waals surface area contributed by atoms with E-state index in [1.165, 1.54) is 9.35 Å². The average Bonchev–Trinajstić information content (AvgIpc) is 2.52. The number of rotatable bonds is 5. The van der Waals surface area contributed by atoms with Crippen LogP contribution in [0.5, 0.6) is 0 Å². The third-order valence-corrected chi connectivity index (χ3v) is 4.19. The molecular formula is C9H13BrClNS. The zero-order valence-corrected chi connectivity index (χ0v) is 10.7. The van der Waals surface area contributed by atoms with Crippen molar-refractivity contribution in [3.05, 3.63) is 20.8 Å². The van der Waals surface area contributed by atoms with Crippen LogP contribution in [0.1, 0.15) is 11.8 Å². The van der Waals surface area contributed by atoms with E-state index in [9.17, 15) is 0 Å². The van der Waals surface area contributed by atoms with Gasteiger partial charge in [-0.15, -0.1) is 22.9 Å². The average molecular weight is 283 g/mol. The van der Waals surface area contributed by atoms with Crippen LogP contribution in [0.15, 0.2) is 15.9 Å². The number of nitrogens with one attached hydrogen (secondary N) is 1. The minimum Gasteiger partial charge on any atom is -0.312 e. The molecule has 1 aromatic rings. The van der Waals surface area contributed by atoms with Gasteiger partial charge in [0.15, 0.2) is 0 Å². The Balaban J connectivity index is 2.24. The lowest BCUT2D eigenvalue weighted by Crippen LogP contribution is -2.21. The Hall–Kier alpha value is 0.430. The first kappa shape index (κ1) is 11.5. The second-order valence-corrected chi connectivity index (χ2v) is 5.25. The molecular weight excluding hydrogens is 270 g/mol. The lowest BCUT2D eigenvalue weighted by atomic mass is 10.2. The van der Waals surface area contributed by atoms with Crippen molar-refractivity contribution in [1.82, 2.24) is 5.32 Å².